The third-order valence-electron chi connectivity index (χ3n) is 5.15. The van der Waals surface area contributed by atoms with Crippen molar-refractivity contribution in [1.82, 2.24) is 4.98 Å². The van der Waals surface area contributed by atoms with E-state index in [0.717, 1.165) is 16.7 Å². The highest BCUT2D eigenvalue weighted by Crippen LogP contribution is 2.28. The largest absolute Gasteiger partial charge is 0.508 e. The molecule has 2 aromatic carbocycles. The van der Waals surface area contributed by atoms with Gasteiger partial charge in [-0.2, -0.15) is 0 Å². The Kier molecular flexibility index (Phi) is 7.81. The van der Waals surface area contributed by atoms with Crippen LogP contribution in [0.3, 0.4) is 0 Å². The molecular weight excluding hydrogens is 418 g/mol. The summed E-state index contributed by atoms with van der Waals surface area (Å²) in [4.78, 5) is 4.65. The smallest absolute Gasteiger partial charge is 0.218 e. The van der Waals surface area contributed by atoms with Gasteiger partial charge in [0.05, 0.1) is 19.8 Å². The van der Waals surface area contributed by atoms with Crippen molar-refractivity contribution < 1.29 is 24.1 Å². The number of aromatic hydroxyl groups is 1. The van der Waals surface area contributed by atoms with Crippen molar-refractivity contribution in [3.05, 3.63) is 83.0 Å². The Morgan fingerprint density at radius 3 is 2.58 bits per heavy atom. The zero-order valence-electron chi connectivity index (χ0n) is 18.6. The molecule has 1 saturated heterocycles. The van der Waals surface area contributed by atoms with Gasteiger partial charge < -0.3 is 24.1 Å². The first-order chi connectivity index (χ1) is 16.2. The summed E-state index contributed by atoms with van der Waals surface area (Å²) in [5.41, 5.74) is 3.37. The SMILES string of the molecule is CCc1c(OCc2ccccc2)cc(OCC2COCCO2)nc1C#Cc1ccc(O)cc1. The van der Waals surface area contributed by atoms with Gasteiger partial charge in [0.1, 0.15) is 36.5 Å². The zero-order chi connectivity index (χ0) is 22.9. The summed E-state index contributed by atoms with van der Waals surface area (Å²) in [5.74, 6) is 7.60. The molecule has 170 valence electrons. The summed E-state index contributed by atoms with van der Waals surface area (Å²) < 4.78 is 23.2. The lowest BCUT2D eigenvalue weighted by Gasteiger charge is -2.23. The number of pyridine rings is 1. The highest BCUT2D eigenvalue weighted by molar-refractivity contribution is 5.50. The van der Waals surface area contributed by atoms with Gasteiger partial charge in [-0.3, -0.25) is 0 Å². The van der Waals surface area contributed by atoms with Gasteiger partial charge in [-0.05, 0) is 42.2 Å². The molecule has 1 unspecified atom stereocenters. The van der Waals surface area contributed by atoms with Gasteiger partial charge in [-0.15, -0.1) is 0 Å². The molecular formula is C27H27NO5. The van der Waals surface area contributed by atoms with Gasteiger partial charge in [0.25, 0.3) is 0 Å². The molecule has 3 aromatic rings. The molecule has 1 aromatic heterocycles. The summed E-state index contributed by atoms with van der Waals surface area (Å²) in [7, 11) is 0. The summed E-state index contributed by atoms with van der Waals surface area (Å²) >= 11 is 0. The quantitative estimate of drug-likeness (QED) is 0.552. The van der Waals surface area contributed by atoms with Gasteiger partial charge >= 0.3 is 0 Å². The van der Waals surface area contributed by atoms with Gasteiger partial charge in [0.2, 0.25) is 5.88 Å². The van der Waals surface area contributed by atoms with Crippen molar-refractivity contribution in [2.24, 2.45) is 0 Å². The lowest BCUT2D eigenvalue weighted by molar-refractivity contribution is -0.102. The second-order valence-electron chi connectivity index (χ2n) is 7.59. The molecule has 1 atom stereocenters. The van der Waals surface area contributed by atoms with Gasteiger partial charge in [0.15, 0.2) is 0 Å². The second kappa shape index (κ2) is 11.4. The highest BCUT2D eigenvalue weighted by Gasteiger charge is 2.17. The van der Waals surface area contributed by atoms with Crippen LogP contribution in [0.15, 0.2) is 60.7 Å². The molecule has 0 radical (unpaired) electrons. The van der Waals surface area contributed by atoms with Crippen LogP contribution in [0, 0.1) is 11.8 Å². The van der Waals surface area contributed by atoms with E-state index in [1.165, 1.54) is 0 Å². The topological polar surface area (TPSA) is 70.0 Å². The predicted molar refractivity (Wildman–Crippen MR) is 125 cm³/mol. The summed E-state index contributed by atoms with van der Waals surface area (Å²) in [6, 6.07) is 18.6. The van der Waals surface area contributed by atoms with Crippen LogP contribution < -0.4 is 9.47 Å². The minimum atomic E-state index is -0.133. The van der Waals surface area contributed by atoms with Crippen LogP contribution in [0.5, 0.6) is 17.4 Å². The van der Waals surface area contributed by atoms with E-state index >= 15 is 0 Å². The fourth-order valence-corrected chi connectivity index (χ4v) is 3.40. The first kappa shape index (κ1) is 22.7. The number of ether oxygens (including phenoxy) is 4. The molecule has 6 nitrogen and oxygen atoms in total. The Hall–Kier alpha value is -3.53. The summed E-state index contributed by atoms with van der Waals surface area (Å²) in [5, 5.41) is 9.50. The van der Waals surface area contributed by atoms with Crippen LogP contribution in [-0.4, -0.2) is 42.6 Å². The third-order valence-corrected chi connectivity index (χ3v) is 5.15. The fourth-order valence-electron chi connectivity index (χ4n) is 3.40. The third kappa shape index (κ3) is 6.48. The maximum absolute atomic E-state index is 9.50. The maximum atomic E-state index is 9.50. The standard InChI is InChI=1S/C27H27NO5/c1-2-24-25(13-10-20-8-11-22(29)12-9-20)28-27(33-19-23-18-30-14-15-31-23)16-26(24)32-17-21-6-4-3-5-7-21/h3-9,11-12,16,23,29H,2,14-15,17-19H2,1H3. The van der Waals surface area contributed by atoms with E-state index in [9.17, 15) is 5.11 Å². The number of phenolic OH excluding ortho intramolecular Hbond substituents is 1. The van der Waals surface area contributed by atoms with E-state index in [-0.39, 0.29) is 11.9 Å². The predicted octanol–water partition coefficient (Wildman–Crippen LogP) is 4.12. The Morgan fingerprint density at radius 1 is 1.03 bits per heavy atom. The van der Waals surface area contributed by atoms with Gasteiger partial charge in [-0.1, -0.05) is 43.2 Å². The molecule has 33 heavy (non-hydrogen) atoms. The van der Waals surface area contributed by atoms with Crippen LogP contribution in [-0.2, 0) is 22.5 Å². The van der Waals surface area contributed by atoms with E-state index in [1.54, 1.807) is 24.3 Å². The molecule has 1 aliphatic rings. The molecule has 4 rings (SSSR count). The molecule has 0 spiro atoms. The van der Waals surface area contributed by atoms with Gasteiger partial charge in [0, 0.05) is 17.2 Å². The van der Waals surface area contributed by atoms with Crippen molar-refractivity contribution in [3.63, 3.8) is 0 Å². The average molecular weight is 446 g/mol. The molecule has 1 fully saturated rings. The number of benzene rings is 2. The van der Waals surface area contributed by atoms with E-state index in [2.05, 4.69) is 16.8 Å². The van der Waals surface area contributed by atoms with Crippen molar-refractivity contribution in [2.75, 3.05) is 26.4 Å². The fraction of sp³-hybridized carbons (Fsp3) is 0.296. The van der Waals surface area contributed by atoms with Crippen LogP contribution in [0.25, 0.3) is 0 Å². The minimum absolute atomic E-state index is 0.133. The van der Waals surface area contributed by atoms with E-state index in [4.69, 9.17) is 18.9 Å². The van der Waals surface area contributed by atoms with Crippen LogP contribution in [0.1, 0.15) is 29.3 Å². The lowest BCUT2D eigenvalue weighted by atomic mass is 10.1. The molecule has 0 amide bonds. The Bertz CT molecular complexity index is 1100. The minimum Gasteiger partial charge on any atom is -0.508 e. The summed E-state index contributed by atoms with van der Waals surface area (Å²) in [6.07, 6.45) is 0.572. The zero-order valence-corrected chi connectivity index (χ0v) is 18.6. The molecule has 6 heteroatoms. The first-order valence-electron chi connectivity index (χ1n) is 11.0. The maximum Gasteiger partial charge on any atom is 0.218 e. The number of rotatable bonds is 7. The molecule has 0 saturated carbocycles. The number of hydrogen-bond acceptors (Lipinski definition) is 6. The second-order valence-corrected chi connectivity index (χ2v) is 7.59. The number of hydrogen-bond donors (Lipinski definition) is 1. The number of nitrogens with zero attached hydrogens (tertiary/aromatic N) is 1. The Labute approximate surface area is 194 Å². The molecule has 0 aliphatic carbocycles. The molecule has 2 heterocycles. The van der Waals surface area contributed by atoms with E-state index in [1.807, 2.05) is 43.3 Å². The highest BCUT2D eigenvalue weighted by atomic mass is 16.6. The van der Waals surface area contributed by atoms with Crippen molar-refractivity contribution in [2.45, 2.75) is 26.1 Å². The van der Waals surface area contributed by atoms with Crippen molar-refractivity contribution >= 4 is 0 Å². The monoisotopic (exact) mass is 445 g/mol. The van der Waals surface area contributed by atoms with Crippen LogP contribution >= 0.6 is 0 Å². The molecule has 1 aliphatic heterocycles. The Balaban J connectivity index is 1.61. The van der Waals surface area contributed by atoms with Crippen molar-refractivity contribution in [1.29, 1.82) is 0 Å². The summed E-state index contributed by atoms with van der Waals surface area (Å²) in [6.45, 7) is 4.48. The number of phenols is 1. The average Bonchev–Trinajstić information content (AvgIpc) is 2.87. The van der Waals surface area contributed by atoms with E-state index in [0.29, 0.717) is 56.8 Å². The van der Waals surface area contributed by atoms with Crippen LogP contribution in [0.4, 0.5) is 0 Å². The van der Waals surface area contributed by atoms with Crippen LogP contribution in [0.2, 0.25) is 0 Å². The lowest BCUT2D eigenvalue weighted by Crippen LogP contribution is -2.33. The van der Waals surface area contributed by atoms with Crippen molar-refractivity contribution in [3.8, 4) is 29.2 Å². The number of aromatic nitrogens is 1. The normalized spacial score (nSPS) is 15.4. The van der Waals surface area contributed by atoms with Gasteiger partial charge in [-0.25, -0.2) is 4.98 Å². The first-order valence-corrected chi connectivity index (χ1v) is 11.0. The molecule has 1 N–H and O–H groups in total. The molecule has 0 bridgehead atoms. The van der Waals surface area contributed by atoms with E-state index < -0.39 is 0 Å². The Morgan fingerprint density at radius 2 is 1.85 bits per heavy atom.